The Balaban J connectivity index is 3.12. The average Bonchev–Trinajstić information content (AvgIpc) is 2.39. The van der Waals surface area contributed by atoms with Gasteiger partial charge in [0.1, 0.15) is 6.33 Å². The zero-order valence-electron chi connectivity index (χ0n) is 5.15. The van der Waals surface area contributed by atoms with Crippen LogP contribution in [0.4, 0.5) is 0 Å². The molecule has 0 radical (unpaired) electrons. The van der Waals surface area contributed by atoms with Crippen LogP contribution < -0.4 is 5.35 Å². The Morgan fingerprint density at radius 1 is 1.60 bits per heavy atom. The van der Waals surface area contributed by atoms with Crippen molar-refractivity contribution >= 4 is 12.2 Å². The van der Waals surface area contributed by atoms with Crippen molar-refractivity contribution in [2.24, 2.45) is 0 Å². The van der Waals surface area contributed by atoms with Crippen LogP contribution in [0.3, 0.4) is 0 Å². The molecule has 2 aromatic heterocycles. The van der Waals surface area contributed by atoms with Crippen LogP contribution in [0.2, 0.25) is 0 Å². The molecule has 0 unspecified atom stereocenters. The van der Waals surface area contributed by atoms with Gasteiger partial charge in [-0.05, 0) is 0 Å². The van der Waals surface area contributed by atoms with E-state index in [4.69, 9.17) is 5.11 Å². The van der Waals surface area contributed by atoms with Gasteiger partial charge in [0.15, 0.2) is 11.4 Å². The van der Waals surface area contributed by atoms with E-state index in [1.54, 1.807) is 0 Å². The smallest absolute Gasteiger partial charge is 0.198 e. The van der Waals surface area contributed by atoms with Gasteiger partial charge in [-0.2, -0.15) is 5.10 Å². The lowest BCUT2D eigenvalue weighted by molar-refractivity contribution is 0.480. The van der Waals surface area contributed by atoms with Crippen LogP contribution in [0.1, 0.15) is 0 Å². The number of rotatable bonds is 0. The first-order chi connectivity index (χ1) is 4.79. The van der Waals surface area contributed by atoms with Crippen molar-refractivity contribution in [1.82, 2.24) is 14.6 Å². The first-order valence-electron chi connectivity index (χ1n) is 2.79. The molecule has 0 atom stereocenters. The van der Waals surface area contributed by atoms with E-state index in [1.807, 2.05) is 0 Å². The Morgan fingerprint density at radius 3 is 3.10 bits per heavy atom. The van der Waals surface area contributed by atoms with Crippen molar-refractivity contribution in [3.8, 4) is 5.75 Å². The number of fused-ring (bicyclic) bond motifs is 1. The van der Waals surface area contributed by atoms with Crippen LogP contribution in [0.25, 0.3) is 12.2 Å². The zero-order valence-corrected chi connectivity index (χ0v) is 5.15. The minimum atomic E-state index is 0.127. The van der Waals surface area contributed by atoms with Gasteiger partial charge in [0.2, 0.25) is 0 Å². The van der Waals surface area contributed by atoms with Gasteiger partial charge in [-0.1, -0.05) is 6.58 Å². The predicted molar refractivity (Wildman–Crippen MR) is 35.4 cm³/mol. The fourth-order valence-corrected chi connectivity index (χ4v) is 0.910. The molecule has 0 aliphatic rings. The van der Waals surface area contributed by atoms with Crippen molar-refractivity contribution in [2.45, 2.75) is 0 Å². The fraction of sp³-hybridized carbons (Fsp3) is 0. The molecule has 0 bridgehead atoms. The number of hydrogen-bond donors (Lipinski definition) is 1. The molecule has 0 aromatic carbocycles. The second-order valence-electron chi connectivity index (χ2n) is 2.02. The van der Waals surface area contributed by atoms with E-state index >= 15 is 0 Å². The standard InChI is InChI=1S/C6H5N3O/c1-4-2-5(10)6-7-3-8-9(4)6/h2-3,10H,1H2. The summed E-state index contributed by atoms with van der Waals surface area (Å²) >= 11 is 0. The summed E-state index contributed by atoms with van der Waals surface area (Å²) < 4.78 is 1.48. The van der Waals surface area contributed by atoms with Crippen LogP contribution in [0.15, 0.2) is 12.4 Å². The molecule has 4 heteroatoms. The zero-order chi connectivity index (χ0) is 7.14. The molecule has 0 aliphatic heterocycles. The largest absolute Gasteiger partial charge is 0.504 e. The van der Waals surface area contributed by atoms with Gasteiger partial charge in [-0.15, -0.1) is 0 Å². The van der Waals surface area contributed by atoms with Crippen LogP contribution in [-0.4, -0.2) is 19.7 Å². The van der Waals surface area contributed by atoms with Crippen LogP contribution in [-0.2, 0) is 0 Å². The van der Waals surface area contributed by atoms with Gasteiger partial charge >= 0.3 is 0 Å². The lowest BCUT2D eigenvalue weighted by Gasteiger charge is -1.77. The van der Waals surface area contributed by atoms with E-state index in [0.29, 0.717) is 11.0 Å². The third-order valence-corrected chi connectivity index (χ3v) is 1.35. The SMILES string of the molecule is C=c1cc(O)c2ncnn12. The van der Waals surface area contributed by atoms with E-state index in [-0.39, 0.29) is 5.75 Å². The van der Waals surface area contributed by atoms with Crippen molar-refractivity contribution in [3.05, 3.63) is 17.7 Å². The van der Waals surface area contributed by atoms with Crippen LogP contribution in [0.5, 0.6) is 5.75 Å². The van der Waals surface area contributed by atoms with Gasteiger partial charge in [-0.25, -0.2) is 9.50 Å². The number of hydrogen-bond acceptors (Lipinski definition) is 3. The van der Waals surface area contributed by atoms with Crippen molar-refractivity contribution < 1.29 is 5.11 Å². The molecule has 50 valence electrons. The van der Waals surface area contributed by atoms with Crippen LogP contribution in [0, 0.1) is 0 Å². The van der Waals surface area contributed by atoms with E-state index < -0.39 is 0 Å². The normalized spacial score (nSPS) is 10.8. The third-order valence-electron chi connectivity index (χ3n) is 1.35. The summed E-state index contributed by atoms with van der Waals surface area (Å²) in [5.41, 5.74) is 0.463. The number of nitrogens with zero attached hydrogens (tertiary/aromatic N) is 3. The van der Waals surface area contributed by atoms with Gasteiger partial charge in [-0.3, -0.25) is 0 Å². The molecular formula is C6H5N3O. The molecule has 2 rings (SSSR count). The van der Waals surface area contributed by atoms with Gasteiger partial charge in [0, 0.05) is 6.07 Å². The highest BCUT2D eigenvalue weighted by Gasteiger charge is 2.02. The molecule has 2 aromatic rings. The fourth-order valence-electron chi connectivity index (χ4n) is 0.910. The minimum absolute atomic E-state index is 0.127. The Kier molecular flexibility index (Phi) is 0.768. The highest BCUT2D eigenvalue weighted by molar-refractivity contribution is 5.52. The van der Waals surface area contributed by atoms with Gasteiger partial charge in [0.05, 0.1) is 5.35 Å². The summed E-state index contributed by atoms with van der Waals surface area (Å²) in [6, 6.07) is 1.52. The molecule has 0 saturated carbocycles. The third kappa shape index (κ3) is 0.452. The molecule has 1 N–H and O–H groups in total. The van der Waals surface area contributed by atoms with E-state index in [2.05, 4.69) is 16.7 Å². The quantitative estimate of drug-likeness (QED) is 0.533. The molecule has 0 fully saturated rings. The summed E-state index contributed by atoms with van der Waals surface area (Å²) in [4.78, 5) is 3.80. The minimum Gasteiger partial charge on any atom is -0.504 e. The molecule has 0 spiro atoms. The highest BCUT2D eigenvalue weighted by Crippen LogP contribution is 2.10. The maximum atomic E-state index is 9.12. The summed E-state index contributed by atoms with van der Waals surface area (Å²) in [5, 5.41) is 13.6. The summed E-state index contributed by atoms with van der Waals surface area (Å²) in [6.45, 7) is 3.64. The molecule has 0 amide bonds. The average molecular weight is 135 g/mol. The maximum absolute atomic E-state index is 9.12. The van der Waals surface area contributed by atoms with Crippen molar-refractivity contribution in [1.29, 1.82) is 0 Å². The number of aromatic hydroxyl groups is 1. The molecular weight excluding hydrogens is 130 g/mol. The van der Waals surface area contributed by atoms with E-state index in [1.165, 1.54) is 16.9 Å². The summed E-state index contributed by atoms with van der Waals surface area (Å²) in [6.07, 6.45) is 1.38. The Bertz CT molecular complexity index is 406. The topological polar surface area (TPSA) is 50.4 Å². The molecule has 2 heterocycles. The summed E-state index contributed by atoms with van der Waals surface area (Å²) in [5.74, 6) is 0.127. The Hall–Kier alpha value is -1.58. The Morgan fingerprint density at radius 2 is 2.40 bits per heavy atom. The van der Waals surface area contributed by atoms with Gasteiger partial charge < -0.3 is 5.11 Å². The number of aromatic nitrogens is 3. The summed E-state index contributed by atoms with van der Waals surface area (Å²) in [7, 11) is 0. The maximum Gasteiger partial charge on any atom is 0.198 e. The lowest BCUT2D eigenvalue weighted by atomic mass is 10.5. The molecule has 4 nitrogen and oxygen atoms in total. The monoisotopic (exact) mass is 135 g/mol. The van der Waals surface area contributed by atoms with Crippen LogP contribution >= 0.6 is 0 Å². The Labute approximate surface area is 56.4 Å². The highest BCUT2D eigenvalue weighted by atomic mass is 16.3. The first kappa shape index (κ1) is 5.22. The van der Waals surface area contributed by atoms with E-state index in [9.17, 15) is 0 Å². The van der Waals surface area contributed by atoms with Gasteiger partial charge in [0.25, 0.3) is 0 Å². The van der Waals surface area contributed by atoms with Crippen molar-refractivity contribution in [2.75, 3.05) is 0 Å². The molecule has 0 saturated heterocycles. The lowest BCUT2D eigenvalue weighted by Crippen LogP contribution is -2.04. The second-order valence-corrected chi connectivity index (χ2v) is 2.02. The second kappa shape index (κ2) is 1.47. The van der Waals surface area contributed by atoms with Crippen molar-refractivity contribution in [3.63, 3.8) is 0 Å². The first-order valence-corrected chi connectivity index (χ1v) is 2.79. The molecule has 0 aliphatic carbocycles. The predicted octanol–water partition coefficient (Wildman–Crippen LogP) is -0.436. The molecule has 10 heavy (non-hydrogen) atoms. The van der Waals surface area contributed by atoms with E-state index in [0.717, 1.165) is 0 Å².